The van der Waals surface area contributed by atoms with Crippen molar-refractivity contribution < 1.29 is 18.7 Å². The molecular formula is C25H27NO4S. The van der Waals surface area contributed by atoms with E-state index in [0.717, 1.165) is 41.9 Å². The van der Waals surface area contributed by atoms with Gasteiger partial charge in [-0.05, 0) is 49.8 Å². The van der Waals surface area contributed by atoms with E-state index >= 15 is 0 Å². The Morgan fingerprint density at radius 1 is 1.19 bits per heavy atom. The van der Waals surface area contributed by atoms with Gasteiger partial charge in [-0.3, -0.25) is 4.79 Å². The fourth-order valence-electron chi connectivity index (χ4n) is 3.95. The Hall–Kier alpha value is -2.86. The maximum Gasteiger partial charge on any atom is 0.341 e. The number of anilines is 1. The molecule has 1 aromatic carbocycles. The second kappa shape index (κ2) is 9.52. The van der Waals surface area contributed by atoms with Crippen LogP contribution in [0.15, 0.2) is 46.9 Å². The van der Waals surface area contributed by atoms with Crippen LogP contribution in [0.25, 0.3) is 11.3 Å². The van der Waals surface area contributed by atoms with Crippen LogP contribution in [-0.4, -0.2) is 18.5 Å². The first-order valence-corrected chi connectivity index (χ1v) is 11.6. The zero-order valence-electron chi connectivity index (χ0n) is 17.9. The fraction of sp³-hybridized carbons (Fsp3) is 0.360. The van der Waals surface area contributed by atoms with Gasteiger partial charge in [0, 0.05) is 23.3 Å². The molecule has 0 bridgehead atoms. The zero-order valence-corrected chi connectivity index (χ0v) is 18.7. The highest BCUT2D eigenvalue weighted by Gasteiger charge is 2.29. The summed E-state index contributed by atoms with van der Waals surface area (Å²) < 4.78 is 11.2. The summed E-state index contributed by atoms with van der Waals surface area (Å²) >= 11 is 1.52. The van der Waals surface area contributed by atoms with Gasteiger partial charge in [-0.2, -0.15) is 0 Å². The summed E-state index contributed by atoms with van der Waals surface area (Å²) in [5.41, 5.74) is 2.61. The lowest BCUT2D eigenvalue weighted by Gasteiger charge is -2.18. The minimum Gasteiger partial charge on any atom is -0.462 e. The van der Waals surface area contributed by atoms with Crippen LogP contribution in [0.2, 0.25) is 0 Å². The van der Waals surface area contributed by atoms with Crippen molar-refractivity contribution in [3.05, 3.63) is 64.2 Å². The van der Waals surface area contributed by atoms with Crippen LogP contribution in [0.4, 0.5) is 5.00 Å². The SMILES string of the molecule is CCOC(=O)c1c(NC(=O)CCc2ccc(-c3ccccc3)o2)sc2c1CCC(C)C2. The third-order valence-corrected chi connectivity index (χ3v) is 6.73. The molecule has 1 amide bonds. The molecule has 2 heterocycles. The van der Waals surface area contributed by atoms with E-state index in [-0.39, 0.29) is 18.3 Å². The van der Waals surface area contributed by atoms with E-state index in [0.29, 0.717) is 29.5 Å². The van der Waals surface area contributed by atoms with Gasteiger partial charge in [0.05, 0.1) is 12.2 Å². The molecule has 31 heavy (non-hydrogen) atoms. The highest BCUT2D eigenvalue weighted by Crippen LogP contribution is 2.40. The lowest BCUT2D eigenvalue weighted by molar-refractivity contribution is -0.116. The van der Waals surface area contributed by atoms with Crippen molar-refractivity contribution in [1.82, 2.24) is 0 Å². The summed E-state index contributed by atoms with van der Waals surface area (Å²) in [7, 11) is 0. The van der Waals surface area contributed by atoms with Gasteiger partial charge < -0.3 is 14.5 Å². The predicted molar refractivity (Wildman–Crippen MR) is 123 cm³/mol. The molecule has 162 valence electrons. The predicted octanol–water partition coefficient (Wildman–Crippen LogP) is 5.88. The average molecular weight is 438 g/mol. The second-order valence-electron chi connectivity index (χ2n) is 7.96. The van der Waals surface area contributed by atoms with Gasteiger partial charge in [0.1, 0.15) is 16.5 Å². The first-order valence-electron chi connectivity index (χ1n) is 10.8. The standard InChI is InChI=1S/C25H27NO4S/c1-3-29-25(28)23-19-12-9-16(2)15-21(19)31-24(23)26-22(27)14-11-18-10-13-20(30-18)17-7-5-4-6-8-17/h4-8,10,13,16H,3,9,11-12,14-15H2,1-2H3,(H,26,27). The van der Waals surface area contributed by atoms with Crippen molar-refractivity contribution in [1.29, 1.82) is 0 Å². The molecule has 3 aromatic rings. The number of rotatable bonds is 7. The number of fused-ring (bicyclic) bond motifs is 1. The molecule has 5 nitrogen and oxygen atoms in total. The number of esters is 1. The fourth-order valence-corrected chi connectivity index (χ4v) is 5.37. The number of hydrogen-bond acceptors (Lipinski definition) is 5. The third kappa shape index (κ3) is 4.90. The van der Waals surface area contributed by atoms with E-state index in [4.69, 9.17) is 9.15 Å². The molecule has 2 aromatic heterocycles. The van der Waals surface area contributed by atoms with Crippen molar-refractivity contribution in [2.75, 3.05) is 11.9 Å². The number of carbonyl (C=O) groups excluding carboxylic acids is 2. The first kappa shape index (κ1) is 21.4. The average Bonchev–Trinajstić information content (AvgIpc) is 3.37. The van der Waals surface area contributed by atoms with E-state index in [2.05, 4.69) is 12.2 Å². The summed E-state index contributed by atoms with van der Waals surface area (Å²) in [6.07, 6.45) is 3.62. The maximum atomic E-state index is 12.7. The molecule has 1 unspecified atom stereocenters. The van der Waals surface area contributed by atoms with Crippen LogP contribution in [0.1, 0.15) is 53.2 Å². The largest absolute Gasteiger partial charge is 0.462 e. The van der Waals surface area contributed by atoms with Crippen LogP contribution in [0.5, 0.6) is 0 Å². The van der Waals surface area contributed by atoms with Crippen molar-refractivity contribution in [3.8, 4) is 11.3 Å². The Labute approximate surface area is 186 Å². The number of nitrogens with one attached hydrogen (secondary N) is 1. The van der Waals surface area contributed by atoms with Crippen molar-refractivity contribution in [3.63, 3.8) is 0 Å². The number of furan rings is 1. The Morgan fingerprint density at radius 3 is 2.77 bits per heavy atom. The second-order valence-corrected chi connectivity index (χ2v) is 9.06. The van der Waals surface area contributed by atoms with Crippen molar-refractivity contribution in [2.45, 2.75) is 46.0 Å². The molecular weight excluding hydrogens is 410 g/mol. The molecule has 0 fully saturated rings. The van der Waals surface area contributed by atoms with Crippen molar-refractivity contribution >= 4 is 28.2 Å². The van der Waals surface area contributed by atoms with Crippen molar-refractivity contribution in [2.24, 2.45) is 5.92 Å². The third-order valence-electron chi connectivity index (χ3n) is 5.56. The monoisotopic (exact) mass is 437 g/mol. The molecule has 0 aliphatic heterocycles. The number of hydrogen-bond donors (Lipinski definition) is 1. The van der Waals surface area contributed by atoms with Gasteiger partial charge in [0.15, 0.2) is 0 Å². The molecule has 0 spiro atoms. The summed E-state index contributed by atoms with van der Waals surface area (Å²) in [4.78, 5) is 26.5. The summed E-state index contributed by atoms with van der Waals surface area (Å²) in [6.45, 7) is 4.33. The van der Waals surface area contributed by atoms with E-state index in [1.807, 2.05) is 42.5 Å². The zero-order chi connectivity index (χ0) is 21.8. The molecule has 1 aliphatic rings. The highest BCUT2D eigenvalue weighted by atomic mass is 32.1. The number of benzene rings is 1. The Kier molecular flexibility index (Phi) is 6.56. The Morgan fingerprint density at radius 2 is 2.00 bits per heavy atom. The van der Waals surface area contributed by atoms with Gasteiger partial charge >= 0.3 is 5.97 Å². The first-order chi connectivity index (χ1) is 15.0. The van der Waals surface area contributed by atoms with Crippen LogP contribution in [-0.2, 0) is 28.8 Å². The Balaban J connectivity index is 1.44. The number of aryl methyl sites for hydroxylation is 1. The van der Waals surface area contributed by atoms with Gasteiger partial charge in [-0.15, -0.1) is 11.3 Å². The topological polar surface area (TPSA) is 68.5 Å². The van der Waals surface area contributed by atoms with Crippen LogP contribution < -0.4 is 5.32 Å². The molecule has 1 aliphatic carbocycles. The van der Waals surface area contributed by atoms with Gasteiger partial charge in [0.2, 0.25) is 5.91 Å². The number of thiophene rings is 1. The molecule has 6 heteroatoms. The molecule has 1 atom stereocenters. The lowest BCUT2D eigenvalue weighted by atomic mass is 9.88. The molecule has 4 rings (SSSR count). The smallest absolute Gasteiger partial charge is 0.341 e. The molecule has 1 N–H and O–H groups in total. The summed E-state index contributed by atoms with van der Waals surface area (Å²) in [6, 6.07) is 13.7. The molecule has 0 radical (unpaired) electrons. The Bertz CT molecular complexity index is 1070. The summed E-state index contributed by atoms with van der Waals surface area (Å²) in [5.74, 6) is 1.67. The lowest BCUT2D eigenvalue weighted by Crippen LogP contribution is -2.16. The quantitative estimate of drug-likeness (QED) is 0.469. The van der Waals surface area contributed by atoms with Gasteiger partial charge in [-0.1, -0.05) is 37.3 Å². The minimum absolute atomic E-state index is 0.130. The molecule has 0 saturated carbocycles. The van der Waals surface area contributed by atoms with E-state index in [1.165, 1.54) is 16.2 Å². The number of carbonyl (C=O) groups is 2. The van der Waals surface area contributed by atoms with Crippen LogP contribution in [0.3, 0.4) is 0 Å². The van der Waals surface area contributed by atoms with Gasteiger partial charge in [0.25, 0.3) is 0 Å². The number of amides is 1. The van der Waals surface area contributed by atoms with E-state index in [1.54, 1.807) is 6.92 Å². The highest BCUT2D eigenvalue weighted by molar-refractivity contribution is 7.17. The number of ether oxygens (including phenoxy) is 1. The van der Waals surface area contributed by atoms with E-state index < -0.39 is 0 Å². The molecule has 0 saturated heterocycles. The minimum atomic E-state index is -0.344. The normalized spacial score (nSPS) is 15.4. The van der Waals surface area contributed by atoms with Crippen LogP contribution >= 0.6 is 11.3 Å². The van der Waals surface area contributed by atoms with E-state index in [9.17, 15) is 9.59 Å². The maximum absolute atomic E-state index is 12.7. The van der Waals surface area contributed by atoms with Crippen LogP contribution in [0, 0.1) is 5.92 Å². The van der Waals surface area contributed by atoms with Gasteiger partial charge in [-0.25, -0.2) is 4.79 Å². The summed E-state index contributed by atoms with van der Waals surface area (Å²) in [5, 5.41) is 3.59.